The zero-order valence-electron chi connectivity index (χ0n) is 15.1. The highest BCUT2D eigenvalue weighted by molar-refractivity contribution is 5.84. The van der Waals surface area contributed by atoms with E-state index in [1.54, 1.807) is 0 Å². The van der Waals surface area contributed by atoms with Gasteiger partial charge < -0.3 is 26.2 Å². The van der Waals surface area contributed by atoms with Crippen LogP contribution in [-0.4, -0.2) is 57.2 Å². The molecule has 0 spiro atoms. The first kappa shape index (κ1) is 23.5. The van der Waals surface area contributed by atoms with Crippen molar-refractivity contribution in [3.8, 4) is 0 Å². The minimum atomic E-state index is -1.62. The van der Waals surface area contributed by atoms with Crippen LogP contribution in [0.2, 0.25) is 0 Å². The van der Waals surface area contributed by atoms with E-state index in [-0.39, 0.29) is 12.2 Å². The Morgan fingerprint density at radius 1 is 0.833 bits per heavy atom. The molecule has 0 aromatic heterocycles. The number of rotatable bonds is 16. The SMILES string of the molecule is CCCCCCCCCCCCC(=O)[C@H](N)[C@@H](O)[C@H](O)[C@H](O)CO. The monoisotopic (exact) mass is 347 g/mol. The van der Waals surface area contributed by atoms with Crippen molar-refractivity contribution in [1.29, 1.82) is 0 Å². The molecule has 0 unspecified atom stereocenters. The molecule has 24 heavy (non-hydrogen) atoms. The molecule has 6 nitrogen and oxygen atoms in total. The highest BCUT2D eigenvalue weighted by Crippen LogP contribution is 2.12. The van der Waals surface area contributed by atoms with E-state index in [0.29, 0.717) is 6.42 Å². The summed E-state index contributed by atoms with van der Waals surface area (Å²) in [5.41, 5.74) is 5.62. The Kier molecular flexibility index (Phi) is 14.5. The molecule has 0 saturated carbocycles. The second-order valence-corrected chi connectivity index (χ2v) is 6.66. The summed E-state index contributed by atoms with van der Waals surface area (Å²) in [6.07, 6.45) is 7.22. The first-order chi connectivity index (χ1) is 11.5. The van der Waals surface area contributed by atoms with Crippen LogP contribution in [0.4, 0.5) is 0 Å². The number of aliphatic hydroxyl groups excluding tert-OH is 4. The third-order valence-electron chi connectivity index (χ3n) is 4.45. The second kappa shape index (κ2) is 14.8. The summed E-state index contributed by atoms with van der Waals surface area (Å²) in [4.78, 5) is 11.9. The lowest BCUT2D eigenvalue weighted by Gasteiger charge is -2.25. The van der Waals surface area contributed by atoms with E-state index in [1.807, 2.05) is 0 Å². The summed E-state index contributed by atoms with van der Waals surface area (Å²) in [7, 11) is 0. The van der Waals surface area contributed by atoms with E-state index in [9.17, 15) is 20.1 Å². The number of unbranched alkanes of at least 4 members (excludes halogenated alkanes) is 9. The molecule has 0 aromatic rings. The summed E-state index contributed by atoms with van der Waals surface area (Å²) in [5, 5.41) is 37.3. The van der Waals surface area contributed by atoms with Gasteiger partial charge in [0.25, 0.3) is 0 Å². The van der Waals surface area contributed by atoms with Gasteiger partial charge in [-0.25, -0.2) is 0 Å². The lowest BCUT2D eigenvalue weighted by molar-refractivity contribution is -0.129. The second-order valence-electron chi connectivity index (χ2n) is 6.66. The maximum Gasteiger partial charge on any atom is 0.152 e. The molecule has 0 aromatic carbocycles. The van der Waals surface area contributed by atoms with Gasteiger partial charge in [-0.05, 0) is 6.42 Å². The molecule has 0 aliphatic rings. The topological polar surface area (TPSA) is 124 Å². The maximum absolute atomic E-state index is 11.9. The molecule has 0 fully saturated rings. The molecule has 0 aliphatic carbocycles. The quantitative estimate of drug-likeness (QED) is 0.268. The molecule has 0 saturated heterocycles. The van der Waals surface area contributed by atoms with Crippen molar-refractivity contribution in [1.82, 2.24) is 0 Å². The van der Waals surface area contributed by atoms with Crippen LogP contribution in [0.3, 0.4) is 0 Å². The Hall–Kier alpha value is -0.530. The molecule has 6 N–H and O–H groups in total. The van der Waals surface area contributed by atoms with E-state index in [0.717, 1.165) is 12.8 Å². The third-order valence-corrected chi connectivity index (χ3v) is 4.45. The molecule has 4 atom stereocenters. The van der Waals surface area contributed by atoms with Crippen LogP contribution in [-0.2, 0) is 4.79 Å². The molecule has 144 valence electrons. The summed E-state index contributed by atoms with van der Waals surface area (Å²) in [6.45, 7) is 1.51. The molecule has 0 radical (unpaired) electrons. The van der Waals surface area contributed by atoms with E-state index >= 15 is 0 Å². The van der Waals surface area contributed by atoms with Crippen LogP contribution < -0.4 is 5.73 Å². The highest BCUT2D eigenvalue weighted by atomic mass is 16.4. The number of carbonyl (C=O) groups is 1. The number of nitrogens with two attached hydrogens (primary N) is 1. The largest absolute Gasteiger partial charge is 0.394 e. The van der Waals surface area contributed by atoms with Crippen LogP contribution in [0.15, 0.2) is 0 Å². The fourth-order valence-electron chi connectivity index (χ4n) is 2.69. The van der Waals surface area contributed by atoms with Gasteiger partial charge in [-0.3, -0.25) is 4.79 Å². The van der Waals surface area contributed by atoms with Gasteiger partial charge in [-0.1, -0.05) is 64.7 Å². The number of hydrogen-bond acceptors (Lipinski definition) is 6. The van der Waals surface area contributed by atoms with Gasteiger partial charge in [0.1, 0.15) is 18.3 Å². The fourth-order valence-corrected chi connectivity index (χ4v) is 2.69. The van der Waals surface area contributed by atoms with Gasteiger partial charge >= 0.3 is 0 Å². The fraction of sp³-hybridized carbons (Fsp3) is 0.944. The molecule has 0 rings (SSSR count). The van der Waals surface area contributed by atoms with Gasteiger partial charge in [0, 0.05) is 6.42 Å². The van der Waals surface area contributed by atoms with E-state index in [4.69, 9.17) is 10.8 Å². The van der Waals surface area contributed by atoms with Gasteiger partial charge in [-0.2, -0.15) is 0 Å². The predicted octanol–water partition coefficient (Wildman–Crippen LogP) is 1.27. The van der Waals surface area contributed by atoms with E-state index in [2.05, 4.69) is 6.92 Å². The number of carbonyl (C=O) groups excluding carboxylic acids is 1. The smallest absolute Gasteiger partial charge is 0.152 e. The number of aliphatic hydroxyl groups is 4. The Bertz CT molecular complexity index is 314. The van der Waals surface area contributed by atoms with E-state index in [1.165, 1.54) is 44.9 Å². The van der Waals surface area contributed by atoms with Crippen molar-refractivity contribution in [3.63, 3.8) is 0 Å². The van der Waals surface area contributed by atoms with E-state index < -0.39 is 31.0 Å². The first-order valence-corrected chi connectivity index (χ1v) is 9.39. The van der Waals surface area contributed by atoms with Crippen molar-refractivity contribution < 1.29 is 25.2 Å². The number of ketones is 1. The third kappa shape index (κ3) is 10.4. The minimum Gasteiger partial charge on any atom is -0.394 e. The van der Waals surface area contributed by atoms with Crippen LogP contribution in [0.5, 0.6) is 0 Å². The standard InChI is InChI=1S/C18H37NO5/c1-2-3-4-5-6-7-8-9-10-11-12-14(21)16(19)18(24)17(23)15(22)13-20/h15-18,20,22-24H,2-13,19H2,1H3/t15-,16+,17-,18-/m1/s1. The highest BCUT2D eigenvalue weighted by Gasteiger charge is 2.32. The average molecular weight is 347 g/mol. The molecular formula is C18H37NO5. The van der Waals surface area contributed by atoms with Crippen molar-refractivity contribution in [2.24, 2.45) is 5.73 Å². The zero-order valence-corrected chi connectivity index (χ0v) is 15.1. The van der Waals surface area contributed by atoms with Crippen LogP contribution in [0.1, 0.15) is 77.6 Å². The maximum atomic E-state index is 11.9. The van der Waals surface area contributed by atoms with Crippen LogP contribution in [0, 0.1) is 0 Å². The summed E-state index contributed by atoms with van der Waals surface area (Å²) in [6, 6.07) is -1.24. The zero-order chi connectivity index (χ0) is 18.4. The van der Waals surface area contributed by atoms with Crippen molar-refractivity contribution >= 4 is 5.78 Å². The van der Waals surface area contributed by atoms with Gasteiger partial charge in [0.2, 0.25) is 0 Å². The van der Waals surface area contributed by atoms with Crippen LogP contribution in [0.25, 0.3) is 0 Å². The van der Waals surface area contributed by atoms with Gasteiger partial charge in [0.15, 0.2) is 5.78 Å². The summed E-state index contributed by atoms with van der Waals surface area (Å²) in [5.74, 6) is -0.328. The average Bonchev–Trinajstić information content (AvgIpc) is 2.60. The molecule has 0 aliphatic heterocycles. The van der Waals surface area contributed by atoms with Gasteiger partial charge in [0.05, 0.1) is 12.6 Å². The van der Waals surface area contributed by atoms with Gasteiger partial charge in [-0.15, -0.1) is 0 Å². The molecule has 0 heterocycles. The summed E-state index contributed by atoms with van der Waals surface area (Å²) >= 11 is 0. The minimum absolute atomic E-state index is 0.261. The lowest BCUT2D eigenvalue weighted by Crippen LogP contribution is -2.52. The number of hydrogen-bond donors (Lipinski definition) is 5. The van der Waals surface area contributed by atoms with Crippen molar-refractivity contribution in [2.75, 3.05) is 6.61 Å². The normalized spacial score (nSPS) is 16.6. The molecule has 0 bridgehead atoms. The Labute approximate surface area is 146 Å². The molecular weight excluding hydrogens is 310 g/mol. The predicted molar refractivity (Wildman–Crippen MR) is 94.5 cm³/mol. The Morgan fingerprint density at radius 3 is 1.75 bits per heavy atom. The van der Waals surface area contributed by atoms with Crippen molar-refractivity contribution in [3.05, 3.63) is 0 Å². The summed E-state index contributed by atoms with van der Waals surface area (Å²) < 4.78 is 0. The molecule has 6 heteroatoms. The Balaban J connectivity index is 3.71. The first-order valence-electron chi connectivity index (χ1n) is 9.39. The van der Waals surface area contributed by atoms with Crippen LogP contribution >= 0.6 is 0 Å². The van der Waals surface area contributed by atoms with Crippen molar-refractivity contribution in [2.45, 2.75) is 102 Å². The number of Topliss-reactive ketones (excluding diaryl/α,β-unsaturated/α-hetero) is 1. The lowest BCUT2D eigenvalue weighted by atomic mass is 9.95. The molecule has 0 amide bonds. The Morgan fingerprint density at radius 2 is 1.29 bits per heavy atom.